The van der Waals surface area contributed by atoms with Gasteiger partial charge in [-0.3, -0.25) is 9.36 Å². The van der Waals surface area contributed by atoms with E-state index in [-0.39, 0.29) is 11.2 Å². The van der Waals surface area contributed by atoms with Crippen LogP contribution in [-0.4, -0.2) is 43.4 Å². The Bertz CT molecular complexity index is 763. The van der Waals surface area contributed by atoms with Crippen LogP contribution in [0.5, 0.6) is 0 Å². The first kappa shape index (κ1) is 19.0. The number of nitrogens with zero attached hydrogens (tertiary/aromatic N) is 4. The molecule has 7 heteroatoms. The summed E-state index contributed by atoms with van der Waals surface area (Å²) < 4.78 is 2.26. The second kappa shape index (κ2) is 8.35. The molecule has 146 valence electrons. The molecule has 0 unspecified atom stereocenters. The SMILES string of the molecule is CCN(C(=O)[C@@H](C)Sc1nnc(-c2cccs2)n1C1CC1)C1CCCCC1. The van der Waals surface area contributed by atoms with Crippen molar-refractivity contribution < 1.29 is 4.79 Å². The predicted octanol–water partition coefficient (Wildman–Crippen LogP) is 5.00. The third-order valence-corrected chi connectivity index (χ3v) is 7.50. The molecule has 2 aliphatic rings. The monoisotopic (exact) mass is 404 g/mol. The van der Waals surface area contributed by atoms with Crippen LogP contribution in [0.3, 0.4) is 0 Å². The van der Waals surface area contributed by atoms with Crippen molar-refractivity contribution in [3.05, 3.63) is 17.5 Å². The second-order valence-electron chi connectivity index (χ2n) is 7.56. The molecule has 1 amide bonds. The van der Waals surface area contributed by atoms with Crippen LogP contribution in [0.4, 0.5) is 0 Å². The van der Waals surface area contributed by atoms with Gasteiger partial charge < -0.3 is 4.90 Å². The quantitative estimate of drug-likeness (QED) is 0.609. The molecule has 2 heterocycles. The molecule has 0 radical (unpaired) electrons. The molecule has 0 bridgehead atoms. The van der Waals surface area contributed by atoms with Crippen LogP contribution in [0, 0.1) is 0 Å². The molecule has 0 aliphatic heterocycles. The van der Waals surface area contributed by atoms with Crippen molar-refractivity contribution in [3.8, 4) is 10.7 Å². The molecule has 2 aromatic heterocycles. The van der Waals surface area contributed by atoms with E-state index in [2.05, 4.69) is 38.0 Å². The van der Waals surface area contributed by atoms with Crippen molar-refractivity contribution in [2.24, 2.45) is 0 Å². The fraction of sp³-hybridized carbons (Fsp3) is 0.650. The lowest BCUT2D eigenvalue weighted by Crippen LogP contribution is -2.44. The van der Waals surface area contributed by atoms with Gasteiger partial charge in [0.2, 0.25) is 5.91 Å². The molecule has 1 atom stereocenters. The Labute approximate surface area is 169 Å². The van der Waals surface area contributed by atoms with Crippen LogP contribution in [0.2, 0.25) is 0 Å². The van der Waals surface area contributed by atoms with Gasteiger partial charge in [-0.2, -0.15) is 0 Å². The Balaban J connectivity index is 1.50. The number of thioether (sulfide) groups is 1. The van der Waals surface area contributed by atoms with E-state index in [1.165, 1.54) is 32.1 Å². The van der Waals surface area contributed by atoms with Crippen LogP contribution in [0.1, 0.15) is 64.8 Å². The highest BCUT2D eigenvalue weighted by atomic mass is 32.2. The Morgan fingerprint density at radius 2 is 2.07 bits per heavy atom. The molecule has 2 aliphatic carbocycles. The molecule has 0 N–H and O–H groups in total. The number of hydrogen-bond donors (Lipinski definition) is 0. The summed E-state index contributed by atoms with van der Waals surface area (Å²) >= 11 is 3.27. The summed E-state index contributed by atoms with van der Waals surface area (Å²) in [6, 6.07) is 5.05. The third-order valence-electron chi connectivity index (χ3n) is 5.59. The van der Waals surface area contributed by atoms with Crippen molar-refractivity contribution in [1.29, 1.82) is 0 Å². The zero-order valence-corrected chi connectivity index (χ0v) is 17.8. The second-order valence-corrected chi connectivity index (χ2v) is 9.82. The Hall–Kier alpha value is -1.34. The summed E-state index contributed by atoms with van der Waals surface area (Å²) in [5.74, 6) is 1.20. The standard InChI is InChI=1S/C20H28N4OS2/c1-3-23(15-8-5-4-6-9-15)19(25)14(2)27-20-22-21-18(17-10-7-13-26-17)24(20)16-11-12-16/h7,10,13-16H,3-6,8-9,11-12H2,1-2H3/t14-/m1/s1. The van der Waals surface area contributed by atoms with Gasteiger partial charge in [0.1, 0.15) is 0 Å². The van der Waals surface area contributed by atoms with E-state index in [0.29, 0.717) is 12.1 Å². The molecular formula is C20H28N4OS2. The normalized spacial score (nSPS) is 19.2. The number of carbonyl (C=O) groups excluding carboxylic acids is 1. The van der Waals surface area contributed by atoms with Crippen molar-refractivity contribution in [2.75, 3.05) is 6.54 Å². The zero-order chi connectivity index (χ0) is 18.8. The maximum atomic E-state index is 13.2. The van der Waals surface area contributed by atoms with E-state index >= 15 is 0 Å². The van der Waals surface area contributed by atoms with E-state index in [1.54, 1.807) is 23.1 Å². The molecule has 0 spiro atoms. The predicted molar refractivity (Wildman–Crippen MR) is 111 cm³/mol. The number of hydrogen-bond acceptors (Lipinski definition) is 5. The first-order valence-electron chi connectivity index (χ1n) is 10.1. The summed E-state index contributed by atoms with van der Waals surface area (Å²) in [6.07, 6.45) is 8.45. The molecule has 0 aromatic carbocycles. The van der Waals surface area contributed by atoms with Crippen molar-refractivity contribution in [1.82, 2.24) is 19.7 Å². The fourth-order valence-electron chi connectivity index (χ4n) is 4.02. The lowest BCUT2D eigenvalue weighted by Gasteiger charge is -2.35. The fourth-order valence-corrected chi connectivity index (χ4v) is 5.72. The van der Waals surface area contributed by atoms with Crippen molar-refractivity contribution in [3.63, 3.8) is 0 Å². The van der Waals surface area contributed by atoms with Crippen molar-refractivity contribution >= 4 is 29.0 Å². The first-order valence-corrected chi connectivity index (χ1v) is 11.9. The maximum absolute atomic E-state index is 13.2. The summed E-state index contributed by atoms with van der Waals surface area (Å²) in [5, 5.41) is 11.8. The highest BCUT2D eigenvalue weighted by Crippen LogP contribution is 2.42. The zero-order valence-electron chi connectivity index (χ0n) is 16.1. The molecule has 5 nitrogen and oxygen atoms in total. The molecule has 2 fully saturated rings. The van der Waals surface area contributed by atoms with Crippen molar-refractivity contribution in [2.45, 2.75) is 81.3 Å². The van der Waals surface area contributed by atoms with Crippen LogP contribution < -0.4 is 0 Å². The van der Waals surface area contributed by atoms with Gasteiger partial charge >= 0.3 is 0 Å². The third kappa shape index (κ3) is 4.09. The highest BCUT2D eigenvalue weighted by molar-refractivity contribution is 8.00. The largest absolute Gasteiger partial charge is 0.339 e. The van der Waals surface area contributed by atoms with Crippen LogP contribution in [-0.2, 0) is 4.79 Å². The molecule has 2 saturated carbocycles. The minimum Gasteiger partial charge on any atom is -0.339 e. The molecule has 4 rings (SSSR count). The first-order chi connectivity index (χ1) is 13.2. The summed E-state index contributed by atoms with van der Waals surface area (Å²) in [5.41, 5.74) is 0. The van der Waals surface area contributed by atoms with Crippen LogP contribution >= 0.6 is 23.1 Å². The molecular weight excluding hydrogens is 376 g/mol. The molecule has 0 saturated heterocycles. The highest BCUT2D eigenvalue weighted by Gasteiger charge is 2.33. The number of aromatic nitrogens is 3. The summed E-state index contributed by atoms with van der Waals surface area (Å²) in [6.45, 7) is 4.92. The van der Waals surface area contributed by atoms with Gasteiger partial charge in [-0.15, -0.1) is 21.5 Å². The van der Waals surface area contributed by atoms with Gasteiger partial charge in [0.15, 0.2) is 11.0 Å². The Morgan fingerprint density at radius 3 is 2.70 bits per heavy atom. The molecule has 2 aromatic rings. The van der Waals surface area contributed by atoms with E-state index in [4.69, 9.17) is 0 Å². The number of thiophene rings is 1. The number of carbonyl (C=O) groups is 1. The van der Waals surface area contributed by atoms with Crippen LogP contribution in [0.15, 0.2) is 22.7 Å². The smallest absolute Gasteiger partial charge is 0.236 e. The lowest BCUT2D eigenvalue weighted by atomic mass is 9.94. The molecule has 27 heavy (non-hydrogen) atoms. The summed E-state index contributed by atoms with van der Waals surface area (Å²) in [7, 11) is 0. The number of rotatable bonds is 7. The van der Waals surface area contributed by atoms with E-state index < -0.39 is 0 Å². The number of amides is 1. The average molecular weight is 405 g/mol. The van der Waals surface area contributed by atoms with E-state index in [9.17, 15) is 4.79 Å². The maximum Gasteiger partial charge on any atom is 0.236 e. The van der Waals surface area contributed by atoms with Crippen LogP contribution in [0.25, 0.3) is 10.7 Å². The van der Waals surface area contributed by atoms with Gasteiger partial charge in [-0.05, 0) is 51.0 Å². The Kier molecular flexibility index (Phi) is 5.88. The topological polar surface area (TPSA) is 51.0 Å². The summed E-state index contributed by atoms with van der Waals surface area (Å²) in [4.78, 5) is 16.4. The van der Waals surface area contributed by atoms with Gasteiger partial charge in [-0.1, -0.05) is 37.1 Å². The van der Waals surface area contributed by atoms with Gasteiger partial charge in [-0.25, -0.2) is 0 Å². The minimum atomic E-state index is -0.134. The lowest BCUT2D eigenvalue weighted by molar-refractivity contribution is -0.133. The van der Waals surface area contributed by atoms with Gasteiger partial charge in [0, 0.05) is 18.6 Å². The van der Waals surface area contributed by atoms with E-state index in [0.717, 1.165) is 35.2 Å². The Morgan fingerprint density at radius 1 is 1.30 bits per heavy atom. The average Bonchev–Trinajstić information content (AvgIpc) is 3.21. The minimum absolute atomic E-state index is 0.134. The van der Waals surface area contributed by atoms with E-state index in [1.807, 2.05) is 13.0 Å². The van der Waals surface area contributed by atoms with Gasteiger partial charge in [0.05, 0.1) is 10.1 Å². The van der Waals surface area contributed by atoms with Gasteiger partial charge in [0.25, 0.3) is 0 Å².